The van der Waals surface area contributed by atoms with Crippen molar-refractivity contribution in [2.75, 3.05) is 6.61 Å². The number of benzene rings is 1. The molecular weight excluding hydrogens is 262 g/mol. The van der Waals surface area contributed by atoms with Crippen molar-refractivity contribution >= 4 is 5.91 Å². The summed E-state index contributed by atoms with van der Waals surface area (Å²) in [7, 11) is 0. The molecule has 0 aromatic heterocycles. The predicted molar refractivity (Wildman–Crippen MR) is 85.5 cm³/mol. The number of ether oxygens (including phenoxy) is 1. The lowest BCUT2D eigenvalue weighted by Gasteiger charge is -2.34. The number of hydrogen-bond donors (Lipinski definition) is 1. The van der Waals surface area contributed by atoms with Gasteiger partial charge in [-0.05, 0) is 43.2 Å². The van der Waals surface area contributed by atoms with Crippen LogP contribution in [-0.4, -0.2) is 18.6 Å². The third kappa shape index (κ3) is 3.99. The fraction of sp³-hybridized carbons (Fsp3) is 0.611. The van der Waals surface area contributed by atoms with E-state index < -0.39 is 0 Å². The molecule has 21 heavy (non-hydrogen) atoms. The van der Waals surface area contributed by atoms with Gasteiger partial charge in [-0.1, -0.05) is 44.9 Å². The van der Waals surface area contributed by atoms with Gasteiger partial charge in [0.25, 0.3) is 5.91 Å². The molecule has 3 heteroatoms. The first-order valence-corrected chi connectivity index (χ1v) is 7.97. The maximum Gasteiger partial charge on any atom is 0.258 e. The quantitative estimate of drug-likeness (QED) is 0.919. The summed E-state index contributed by atoms with van der Waals surface area (Å²) in [6.07, 6.45) is 3.56. The number of carbonyl (C=O) groups is 1. The van der Waals surface area contributed by atoms with Gasteiger partial charge < -0.3 is 10.1 Å². The highest BCUT2D eigenvalue weighted by atomic mass is 16.5. The third-order valence-corrected chi connectivity index (χ3v) is 4.81. The number of nitrogens with one attached hydrogen (secondary N) is 1. The van der Waals surface area contributed by atoms with Crippen molar-refractivity contribution in [1.29, 1.82) is 0 Å². The Labute approximate surface area is 128 Å². The van der Waals surface area contributed by atoms with E-state index in [1.165, 1.54) is 12.8 Å². The van der Waals surface area contributed by atoms with Crippen LogP contribution in [0, 0.1) is 25.7 Å². The van der Waals surface area contributed by atoms with E-state index in [1.54, 1.807) is 0 Å². The number of rotatable bonds is 4. The van der Waals surface area contributed by atoms with Gasteiger partial charge in [-0.3, -0.25) is 4.79 Å². The van der Waals surface area contributed by atoms with Gasteiger partial charge in [-0.15, -0.1) is 0 Å². The highest BCUT2D eigenvalue weighted by Crippen LogP contribution is 2.29. The lowest BCUT2D eigenvalue weighted by atomic mass is 9.78. The number of hydrogen-bond acceptors (Lipinski definition) is 2. The van der Waals surface area contributed by atoms with Crippen LogP contribution in [0.2, 0.25) is 0 Å². The van der Waals surface area contributed by atoms with Crippen molar-refractivity contribution < 1.29 is 9.53 Å². The van der Waals surface area contributed by atoms with E-state index >= 15 is 0 Å². The van der Waals surface area contributed by atoms with Crippen LogP contribution in [0.3, 0.4) is 0 Å². The van der Waals surface area contributed by atoms with Crippen LogP contribution in [0.25, 0.3) is 0 Å². The summed E-state index contributed by atoms with van der Waals surface area (Å²) >= 11 is 0. The van der Waals surface area contributed by atoms with Crippen LogP contribution in [0.15, 0.2) is 18.2 Å². The molecule has 3 nitrogen and oxygen atoms in total. The molecule has 3 unspecified atom stereocenters. The average Bonchev–Trinajstić information content (AvgIpc) is 2.43. The zero-order chi connectivity index (χ0) is 15.4. The molecule has 2 rings (SSSR count). The van der Waals surface area contributed by atoms with Crippen molar-refractivity contribution in [2.45, 2.75) is 53.0 Å². The molecular formula is C18H27NO2. The fourth-order valence-corrected chi connectivity index (χ4v) is 3.20. The Morgan fingerprint density at radius 1 is 1.24 bits per heavy atom. The zero-order valence-corrected chi connectivity index (χ0v) is 13.6. The van der Waals surface area contributed by atoms with E-state index in [2.05, 4.69) is 19.2 Å². The van der Waals surface area contributed by atoms with Gasteiger partial charge in [0.05, 0.1) is 0 Å². The van der Waals surface area contributed by atoms with Crippen molar-refractivity contribution in [3.05, 3.63) is 29.3 Å². The largest absolute Gasteiger partial charge is 0.483 e. The van der Waals surface area contributed by atoms with Crippen molar-refractivity contribution in [1.82, 2.24) is 5.32 Å². The van der Waals surface area contributed by atoms with Crippen molar-refractivity contribution in [2.24, 2.45) is 11.8 Å². The van der Waals surface area contributed by atoms with Gasteiger partial charge in [0.15, 0.2) is 6.61 Å². The minimum Gasteiger partial charge on any atom is -0.483 e. The molecule has 1 amide bonds. The van der Waals surface area contributed by atoms with Crippen LogP contribution in [0.1, 0.15) is 44.2 Å². The Hall–Kier alpha value is -1.51. The van der Waals surface area contributed by atoms with E-state index in [4.69, 9.17) is 4.74 Å². The van der Waals surface area contributed by atoms with Crippen LogP contribution >= 0.6 is 0 Å². The number of carbonyl (C=O) groups excluding carboxylic acids is 1. The van der Waals surface area contributed by atoms with Crippen LogP contribution < -0.4 is 10.1 Å². The number of amides is 1. The highest BCUT2D eigenvalue weighted by Gasteiger charge is 2.28. The van der Waals surface area contributed by atoms with E-state index in [0.29, 0.717) is 17.9 Å². The topological polar surface area (TPSA) is 38.3 Å². The maximum absolute atomic E-state index is 12.1. The maximum atomic E-state index is 12.1. The molecule has 1 fully saturated rings. The minimum absolute atomic E-state index is 0.0106. The van der Waals surface area contributed by atoms with Crippen LogP contribution in [0.5, 0.6) is 5.75 Å². The van der Waals surface area contributed by atoms with E-state index in [9.17, 15) is 4.79 Å². The summed E-state index contributed by atoms with van der Waals surface area (Å²) in [5.74, 6) is 2.05. The zero-order valence-electron chi connectivity index (χ0n) is 13.6. The fourth-order valence-electron chi connectivity index (χ4n) is 3.20. The molecule has 0 saturated heterocycles. The lowest BCUT2D eigenvalue weighted by Crippen LogP contribution is -2.45. The summed E-state index contributed by atoms with van der Waals surface area (Å²) in [6, 6.07) is 6.31. The summed E-state index contributed by atoms with van der Waals surface area (Å²) in [6.45, 7) is 8.62. The first-order chi connectivity index (χ1) is 9.99. The minimum atomic E-state index is -0.0106. The molecule has 1 aliphatic carbocycles. The second-order valence-electron chi connectivity index (χ2n) is 6.45. The molecule has 0 heterocycles. The van der Waals surface area contributed by atoms with E-state index in [1.807, 2.05) is 32.0 Å². The monoisotopic (exact) mass is 289 g/mol. The van der Waals surface area contributed by atoms with E-state index in [-0.39, 0.29) is 12.5 Å². The second kappa shape index (κ2) is 6.97. The summed E-state index contributed by atoms with van der Waals surface area (Å²) < 4.78 is 5.72. The molecule has 3 atom stereocenters. The molecule has 1 aromatic rings. The first kappa shape index (κ1) is 15.9. The number of para-hydroxylation sites is 1. The van der Waals surface area contributed by atoms with Crippen LogP contribution in [-0.2, 0) is 4.79 Å². The standard InChI is InChI=1S/C18H27NO2/c1-12-7-6-10-16(15(12)4)19-17(20)11-21-18-13(2)8-5-9-14(18)3/h5,8-9,12,15-16H,6-7,10-11H2,1-4H3,(H,19,20). The Morgan fingerprint density at radius 2 is 1.90 bits per heavy atom. The predicted octanol–water partition coefficient (Wildman–Crippen LogP) is 3.62. The molecule has 1 aliphatic rings. The van der Waals surface area contributed by atoms with Gasteiger partial charge in [0.2, 0.25) is 0 Å². The number of aryl methyl sites for hydroxylation is 2. The van der Waals surface area contributed by atoms with Crippen LogP contribution in [0.4, 0.5) is 0 Å². The summed E-state index contributed by atoms with van der Waals surface area (Å²) in [5.41, 5.74) is 2.14. The van der Waals surface area contributed by atoms with E-state index in [0.717, 1.165) is 23.3 Å². The molecule has 1 N–H and O–H groups in total. The molecule has 1 aromatic carbocycles. The molecule has 1 saturated carbocycles. The molecule has 0 radical (unpaired) electrons. The smallest absolute Gasteiger partial charge is 0.258 e. The normalized spacial score (nSPS) is 25.4. The van der Waals surface area contributed by atoms with Gasteiger partial charge >= 0.3 is 0 Å². The lowest BCUT2D eigenvalue weighted by molar-refractivity contribution is -0.124. The third-order valence-electron chi connectivity index (χ3n) is 4.81. The van der Waals surface area contributed by atoms with Gasteiger partial charge in [-0.2, -0.15) is 0 Å². The summed E-state index contributed by atoms with van der Waals surface area (Å²) in [4.78, 5) is 12.1. The Morgan fingerprint density at radius 3 is 2.57 bits per heavy atom. The van der Waals surface area contributed by atoms with Crippen molar-refractivity contribution in [3.63, 3.8) is 0 Å². The Bertz CT molecular complexity index is 478. The first-order valence-electron chi connectivity index (χ1n) is 7.97. The molecule has 0 bridgehead atoms. The summed E-state index contributed by atoms with van der Waals surface area (Å²) in [5, 5.41) is 3.14. The molecule has 116 valence electrons. The molecule has 0 spiro atoms. The van der Waals surface area contributed by atoms with Gasteiger partial charge in [0, 0.05) is 6.04 Å². The second-order valence-corrected chi connectivity index (χ2v) is 6.45. The highest BCUT2D eigenvalue weighted by molar-refractivity contribution is 5.78. The Balaban J connectivity index is 1.88. The van der Waals surface area contributed by atoms with Crippen molar-refractivity contribution in [3.8, 4) is 5.75 Å². The Kier molecular flexibility index (Phi) is 5.27. The average molecular weight is 289 g/mol. The SMILES string of the molecule is Cc1cccc(C)c1OCC(=O)NC1CCCC(C)C1C. The van der Waals surface area contributed by atoms with Gasteiger partial charge in [0.1, 0.15) is 5.75 Å². The molecule has 0 aliphatic heterocycles. The van der Waals surface area contributed by atoms with Gasteiger partial charge in [-0.25, -0.2) is 0 Å².